The second-order valence-electron chi connectivity index (χ2n) is 4.88. The Bertz CT molecular complexity index is 301. The lowest BCUT2D eigenvalue weighted by atomic mass is 9.80. The van der Waals surface area contributed by atoms with Crippen molar-refractivity contribution in [2.24, 2.45) is 5.92 Å². The van der Waals surface area contributed by atoms with E-state index in [1.165, 1.54) is 7.11 Å². The summed E-state index contributed by atoms with van der Waals surface area (Å²) in [4.78, 5) is 22.2. The van der Waals surface area contributed by atoms with Crippen LogP contribution in [0.3, 0.4) is 0 Å². The molecule has 0 aliphatic heterocycles. The first-order chi connectivity index (χ1) is 9.05. The Hall–Kier alpha value is -1.14. The lowest BCUT2D eigenvalue weighted by molar-refractivity contribution is -0.140. The second-order valence-corrected chi connectivity index (χ2v) is 4.88. The van der Waals surface area contributed by atoms with Crippen molar-refractivity contribution in [2.75, 3.05) is 20.3 Å². The number of carboxylic acids is 1. The molecule has 0 saturated heterocycles. The average molecular weight is 273 g/mol. The van der Waals surface area contributed by atoms with Gasteiger partial charge in [-0.1, -0.05) is 0 Å². The highest BCUT2D eigenvalue weighted by Crippen LogP contribution is 2.32. The predicted octanol–water partition coefficient (Wildman–Crippen LogP) is 0.797. The van der Waals surface area contributed by atoms with Crippen molar-refractivity contribution in [1.29, 1.82) is 0 Å². The van der Waals surface area contributed by atoms with Gasteiger partial charge in [-0.2, -0.15) is 0 Å². The van der Waals surface area contributed by atoms with E-state index in [1.54, 1.807) is 0 Å². The molecule has 0 aromatic rings. The first-order valence-electron chi connectivity index (χ1n) is 6.68. The summed E-state index contributed by atoms with van der Waals surface area (Å²) in [6, 6.07) is 0. The fourth-order valence-corrected chi connectivity index (χ4v) is 2.21. The number of hydrogen-bond donors (Lipinski definition) is 2. The number of rotatable bonds is 9. The Kier molecular flexibility index (Phi) is 6.80. The maximum Gasteiger partial charge on any atom is 0.306 e. The molecule has 19 heavy (non-hydrogen) atoms. The van der Waals surface area contributed by atoms with Crippen molar-refractivity contribution in [3.8, 4) is 0 Å². The Balaban J connectivity index is 2.13. The van der Waals surface area contributed by atoms with Crippen LogP contribution >= 0.6 is 0 Å². The van der Waals surface area contributed by atoms with Gasteiger partial charge >= 0.3 is 5.97 Å². The van der Waals surface area contributed by atoms with E-state index in [0.29, 0.717) is 25.0 Å². The van der Waals surface area contributed by atoms with Crippen LogP contribution in [-0.4, -0.2) is 49.5 Å². The lowest BCUT2D eigenvalue weighted by Gasteiger charge is -2.34. The summed E-state index contributed by atoms with van der Waals surface area (Å²) in [6.45, 7) is 2.92. The molecule has 6 heteroatoms. The van der Waals surface area contributed by atoms with Gasteiger partial charge < -0.3 is 19.9 Å². The van der Waals surface area contributed by atoms with Crippen LogP contribution in [0.2, 0.25) is 0 Å². The summed E-state index contributed by atoms with van der Waals surface area (Å²) in [5.41, 5.74) is 0. The molecule has 1 amide bonds. The zero-order chi connectivity index (χ0) is 14.3. The number of amides is 1. The highest BCUT2D eigenvalue weighted by Gasteiger charge is 2.31. The molecule has 0 radical (unpaired) electrons. The van der Waals surface area contributed by atoms with Gasteiger partial charge in [0, 0.05) is 26.7 Å². The molecule has 0 aromatic heterocycles. The van der Waals surface area contributed by atoms with Crippen molar-refractivity contribution >= 4 is 11.9 Å². The van der Waals surface area contributed by atoms with Crippen LogP contribution < -0.4 is 5.32 Å². The van der Waals surface area contributed by atoms with E-state index >= 15 is 0 Å². The maximum atomic E-state index is 11.7. The zero-order valence-corrected chi connectivity index (χ0v) is 11.6. The zero-order valence-electron chi connectivity index (χ0n) is 11.6. The van der Waals surface area contributed by atoms with Crippen molar-refractivity contribution < 1.29 is 24.2 Å². The Morgan fingerprint density at radius 3 is 2.63 bits per heavy atom. The van der Waals surface area contributed by atoms with Crippen LogP contribution in [0.1, 0.15) is 32.6 Å². The molecule has 0 spiro atoms. The molecule has 1 atom stereocenters. The van der Waals surface area contributed by atoms with E-state index in [4.69, 9.17) is 14.6 Å². The van der Waals surface area contributed by atoms with E-state index in [9.17, 15) is 9.59 Å². The third-order valence-corrected chi connectivity index (χ3v) is 3.33. The van der Waals surface area contributed by atoms with Crippen LogP contribution in [0.25, 0.3) is 0 Å². The molecule has 2 N–H and O–H groups in total. The molecule has 0 bridgehead atoms. The molecule has 0 aromatic carbocycles. The third-order valence-electron chi connectivity index (χ3n) is 3.33. The van der Waals surface area contributed by atoms with Crippen LogP contribution in [0.4, 0.5) is 0 Å². The maximum absolute atomic E-state index is 11.7. The molecule has 6 nitrogen and oxygen atoms in total. The molecule has 1 unspecified atom stereocenters. The fraction of sp³-hybridized carbons (Fsp3) is 0.846. The number of ether oxygens (including phenoxy) is 2. The quantitative estimate of drug-likeness (QED) is 0.649. The SMILES string of the molecule is CCOC1CC(CC(=O)NCC(CC(=O)O)OC)C1. The molecule has 110 valence electrons. The van der Waals surface area contributed by atoms with E-state index in [2.05, 4.69) is 5.32 Å². The molecular formula is C13H23NO5. The van der Waals surface area contributed by atoms with Gasteiger partial charge in [-0.25, -0.2) is 0 Å². The summed E-state index contributed by atoms with van der Waals surface area (Å²) in [6.07, 6.45) is 2.08. The number of carbonyl (C=O) groups excluding carboxylic acids is 1. The van der Waals surface area contributed by atoms with Crippen molar-refractivity contribution in [3.63, 3.8) is 0 Å². The summed E-state index contributed by atoms with van der Waals surface area (Å²) in [5, 5.41) is 11.4. The van der Waals surface area contributed by atoms with E-state index in [1.807, 2.05) is 6.92 Å². The van der Waals surface area contributed by atoms with Gasteiger partial charge in [0.05, 0.1) is 18.6 Å². The Morgan fingerprint density at radius 1 is 1.42 bits per heavy atom. The van der Waals surface area contributed by atoms with Gasteiger partial charge in [0.25, 0.3) is 0 Å². The predicted molar refractivity (Wildman–Crippen MR) is 68.8 cm³/mol. The lowest BCUT2D eigenvalue weighted by Crippen LogP contribution is -2.38. The standard InChI is InChI=1S/C13H23NO5/c1-3-19-10-4-9(5-10)6-12(15)14-8-11(18-2)7-13(16)17/h9-11H,3-8H2,1-2H3,(H,14,15)(H,16,17). The number of nitrogens with one attached hydrogen (secondary N) is 1. The fourth-order valence-electron chi connectivity index (χ4n) is 2.21. The highest BCUT2D eigenvalue weighted by atomic mass is 16.5. The van der Waals surface area contributed by atoms with Gasteiger partial charge in [-0.15, -0.1) is 0 Å². The number of carbonyl (C=O) groups is 2. The highest BCUT2D eigenvalue weighted by molar-refractivity contribution is 5.76. The first-order valence-corrected chi connectivity index (χ1v) is 6.68. The molecule has 1 saturated carbocycles. The number of methoxy groups -OCH3 is 1. The van der Waals surface area contributed by atoms with Crippen LogP contribution in [0, 0.1) is 5.92 Å². The summed E-state index contributed by atoms with van der Waals surface area (Å²) in [7, 11) is 1.44. The van der Waals surface area contributed by atoms with E-state index < -0.39 is 12.1 Å². The van der Waals surface area contributed by atoms with Crippen LogP contribution in [-0.2, 0) is 19.1 Å². The molecular weight excluding hydrogens is 250 g/mol. The molecule has 1 aliphatic rings. The molecule has 1 rings (SSSR count). The van der Waals surface area contributed by atoms with Crippen LogP contribution in [0.15, 0.2) is 0 Å². The van der Waals surface area contributed by atoms with E-state index in [-0.39, 0.29) is 18.9 Å². The van der Waals surface area contributed by atoms with Crippen molar-refractivity contribution in [2.45, 2.75) is 44.8 Å². The van der Waals surface area contributed by atoms with Crippen molar-refractivity contribution in [1.82, 2.24) is 5.32 Å². The van der Waals surface area contributed by atoms with Crippen molar-refractivity contribution in [3.05, 3.63) is 0 Å². The second kappa shape index (κ2) is 8.12. The monoisotopic (exact) mass is 273 g/mol. The molecule has 1 fully saturated rings. The molecule has 1 aliphatic carbocycles. The minimum atomic E-state index is -0.931. The van der Waals surface area contributed by atoms with Gasteiger partial charge in [0.15, 0.2) is 0 Å². The van der Waals surface area contributed by atoms with Gasteiger partial charge in [-0.05, 0) is 25.7 Å². The topological polar surface area (TPSA) is 84.9 Å². The summed E-state index contributed by atoms with van der Waals surface area (Å²) in [5.74, 6) is -0.593. The first kappa shape index (κ1) is 15.9. The number of aliphatic carboxylic acids is 1. The largest absolute Gasteiger partial charge is 0.481 e. The van der Waals surface area contributed by atoms with Gasteiger partial charge in [0.1, 0.15) is 0 Å². The third kappa shape index (κ3) is 6.02. The molecule has 0 heterocycles. The average Bonchev–Trinajstić information content (AvgIpc) is 2.31. The summed E-state index contributed by atoms with van der Waals surface area (Å²) < 4.78 is 10.4. The minimum absolute atomic E-state index is 0.0487. The normalized spacial score (nSPS) is 23.5. The Labute approximate surface area is 113 Å². The van der Waals surface area contributed by atoms with Gasteiger partial charge in [0.2, 0.25) is 5.91 Å². The van der Waals surface area contributed by atoms with E-state index in [0.717, 1.165) is 12.8 Å². The van der Waals surface area contributed by atoms with Gasteiger partial charge in [-0.3, -0.25) is 9.59 Å². The Morgan fingerprint density at radius 2 is 2.11 bits per heavy atom. The van der Waals surface area contributed by atoms with Crippen LogP contribution in [0.5, 0.6) is 0 Å². The smallest absolute Gasteiger partial charge is 0.306 e. The number of hydrogen-bond acceptors (Lipinski definition) is 4. The minimum Gasteiger partial charge on any atom is -0.481 e. The summed E-state index contributed by atoms with van der Waals surface area (Å²) >= 11 is 0. The number of carboxylic acid groups (broad SMARTS) is 1.